The fourth-order valence-corrected chi connectivity index (χ4v) is 5.58. The van der Waals surface area contributed by atoms with E-state index in [-0.39, 0.29) is 23.3 Å². The summed E-state index contributed by atoms with van der Waals surface area (Å²) < 4.78 is 17.3. The zero-order valence-electron chi connectivity index (χ0n) is 21.1. The van der Waals surface area contributed by atoms with Crippen molar-refractivity contribution >= 4 is 11.8 Å². The Morgan fingerprint density at radius 2 is 1.85 bits per heavy atom. The molecule has 34 heavy (non-hydrogen) atoms. The van der Waals surface area contributed by atoms with E-state index >= 15 is 0 Å². The summed E-state index contributed by atoms with van der Waals surface area (Å²) >= 11 is 0. The largest absolute Gasteiger partial charge is 0.493 e. The monoisotopic (exact) mass is 467 g/mol. The second-order valence-electron chi connectivity index (χ2n) is 10.4. The summed E-state index contributed by atoms with van der Waals surface area (Å²) in [4.78, 5) is 27.1. The maximum atomic E-state index is 13.6. The van der Waals surface area contributed by atoms with Gasteiger partial charge in [-0.05, 0) is 69.1 Å². The number of hydrogen-bond donors (Lipinski definition) is 1. The first-order valence-corrected chi connectivity index (χ1v) is 12.5. The van der Waals surface area contributed by atoms with Gasteiger partial charge in [-0.25, -0.2) is 4.79 Å². The number of esters is 1. The van der Waals surface area contributed by atoms with Crippen molar-refractivity contribution in [3.05, 3.63) is 46.3 Å². The number of dihydropyridines is 1. The van der Waals surface area contributed by atoms with Crippen molar-refractivity contribution in [3.8, 4) is 11.5 Å². The molecule has 3 aliphatic rings. The molecule has 0 radical (unpaired) electrons. The molecule has 1 fully saturated rings. The Hall–Kier alpha value is -2.76. The molecular weight excluding hydrogens is 430 g/mol. The van der Waals surface area contributed by atoms with Gasteiger partial charge in [0, 0.05) is 29.3 Å². The van der Waals surface area contributed by atoms with Crippen molar-refractivity contribution in [1.82, 2.24) is 5.32 Å². The quantitative estimate of drug-likeness (QED) is 0.551. The van der Waals surface area contributed by atoms with E-state index in [9.17, 15) is 9.59 Å². The van der Waals surface area contributed by atoms with E-state index in [4.69, 9.17) is 14.2 Å². The Morgan fingerprint density at radius 3 is 2.53 bits per heavy atom. The van der Waals surface area contributed by atoms with Gasteiger partial charge in [0.1, 0.15) is 6.10 Å². The Labute approximate surface area is 202 Å². The lowest BCUT2D eigenvalue weighted by Gasteiger charge is -2.39. The molecule has 0 saturated heterocycles. The van der Waals surface area contributed by atoms with Crippen LogP contribution in [0.1, 0.15) is 84.1 Å². The van der Waals surface area contributed by atoms with Crippen molar-refractivity contribution in [3.63, 3.8) is 0 Å². The van der Waals surface area contributed by atoms with E-state index < -0.39 is 5.92 Å². The first kappa shape index (κ1) is 24.4. The fourth-order valence-electron chi connectivity index (χ4n) is 5.58. The maximum absolute atomic E-state index is 13.6. The summed E-state index contributed by atoms with van der Waals surface area (Å²) in [6.45, 7) is 8.57. The molecule has 1 N–H and O–H groups in total. The van der Waals surface area contributed by atoms with Crippen molar-refractivity contribution in [2.24, 2.45) is 5.41 Å². The van der Waals surface area contributed by atoms with Gasteiger partial charge >= 0.3 is 5.97 Å². The third-order valence-corrected chi connectivity index (χ3v) is 7.11. The van der Waals surface area contributed by atoms with Crippen LogP contribution in [0.25, 0.3) is 0 Å². The van der Waals surface area contributed by atoms with Gasteiger partial charge in [-0.15, -0.1) is 0 Å². The van der Waals surface area contributed by atoms with E-state index in [1.54, 1.807) is 7.11 Å². The number of Topliss-reactive ketones (excluding diaryl/α,β-unsaturated/α-hetero) is 1. The third kappa shape index (κ3) is 4.86. The smallest absolute Gasteiger partial charge is 0.337 e. The number of ketones is 1. The molecule has 0 bridgehead atoms. The fraction of sp³-hybridized carbons (Fsp3) is 0.571. The minimum atomic E-state index is -0.500. The minimum Gasteiger partial charge on any atom is -0.493 e. The van der Waals surface area contributed by atoms with Gasteiger partial charge in [-0.3, -0.25) is 4.79 Å². The lowest BCUT2D eigenvalue weighted by atomic mass is 9.68. The van der Waals surface area contributed by atoms with Gasteiger partial charge in [0.25, 0.3) is 0 Å². The predicted octanol–water partition coefficient (Wildman–Crippen LogP) is 5.57. The van der Waals surface area contributed by atoms with Crippen LogP contribution in [0, 0.1) is 5.41 Å². The van der Waals surface area contributed by atoms with E-state index in [1.165, 1.54) is 6.42 Å². The first-order valence-electron chi connectivity index (χ1n) is 12.5. The van der Waals surface area contributed by atoms with E-state index in [0.29, 0.717) is 35.7 Å². The third-order valence-electron chi connectivity index (χ3n) is 7.11. The summed E-state index contributed by atoms with van der Waals surface area (Å²) in [5.41, 5.74) is 3.55. The van der Waals surface area contributed by atoms with Crippen molar-refractivity contribution in [2.75, 3.05) is 13.7 Å². The van der Waals surface area contributed by atoms with Crippen LogP contribution in [0.3, 0.4) is 0 Å². The Balaban J connectivity index is 1.79. The molecule has 184 valence electrons. The Kier molecular flexibility index (Phi) is 7.06. The van der Waals surface area contributed by atoms with Crippen LogP contribution in [0.2, 0.25) is 0 Å². The second-order valence-corrected chi connectivity index (χ2v) is 10.4. The van der Waals surface area contributed by atoms with Gasteiger partial charge in [-0.2, -0.15) is 0 Å². The molecule has 1 aliphatic heterocycles. The standard InChI is InChI=1S/C28H37NO5/c1-6-33-22-13-12-18(14-23(22)32-5)25-24(27(31)34-19-10-8-7-9-11-19)17(2)29-20-15-28(3,4)16-21(30)26(20)25/h12-14,19,25,29H,6-11,15-16H2,1-5H3/t25-/m1/s1. The first-order chi connectivity index (χ1) is 16.2. The molecule has 0 amide bonds. The summed E-state index contributed by atoms with van der Waals surface area (Å²) in [6, 6.07) is 5.68. The number of carbonyl (C=O) groups excluding carboxylic acids is 2. The highest BCUT2D eigenvalue weighted by Crippen LogP contribution is 2.48. The van der Waals surface area contributed by atoms with Crippen LogP contribution < -0.4 is 14.8 Å². The Bertz CT molecular complexity index is 1030. The molecule has 0 spiro atoms. The van der Waals surface area contributed by atoms with Gasteiger partial charge < -0.3 is 19.5 Å². The molecule has 6 nitrogen and oxygen atoms in total. The molecule has 1 aromatic rings. The van der Waals surface area contributed by atoms with E-state index in [2.05, 4.69) is 19.2 Å². The average molecular weight is 468 g/mol. The second kappa shape index (κ2) is 9.85. The van der Waals surface area contributed by atoms with Crippen LogP contribution in [0.4, 0.5) is 0 Å². The molecule has 1 heterocycles. The summed E-state index contributed by atoms with van der Waals surface area (Å²) in [5, 5.41) is 3.41. The number of ether oxygens (including phenoxy) is 3. The van der Waals surface area contributed by atoms with E-state index in [0.717, 1.165) is 49.1 Å². The zero-order chi connectivity index (χ0) is 24.5. The van der Waals surface area contributed by atoms with Crippen LogP contribution in [-0.2, 0) is 14.3 Å². The van der Waals surface area contributed by atoms with Crippen molar-refractivity contribution in [1.29, 1.82) is 0 Å². The molecule has 1 atom stereocenters. The molecular formula is C28H37NO5. The SMILES string of the molecule is CCOc1ccc([C@@H]2C(C(=O)OC3CCCCC3)=C(C)NC3=C2C(=O)CC(C)(C)C3)cc1OC. The topological polar surface area (TPSA) is 73.9 Å². The predicted molar refractivity (Wildman–Crippen MR) is 131 cm³/mol. The number of methoxy groups -OCH3 is 1. The molecule has 6 heteroatoms. The highest BCUT2D eigenvalue weighted by Gasteiger charge is 2.43. The highest BCUT2D eigenvalue weighted by atomic mass is 16.5. The number of carbonyl (C=O) groups is 2. The van der Waals surface area contributed by atoms with Gasteiger partial charge in [0.05, 0.1) is 19.3 Å². The summed E-state index contributed by atoms with van der Waals surface area (Å²) in [7, 11) is 1.60. The maximum Gasteiger partial charge on any atom is 0.337 e. The minimum absolute atomic E-state index is 0.0616. The molecule has 2 aliphatic carbocycles. The lowest BCUT2D eigenvalue weighted by Crippen LogP contribution is -2.39. The normalized spacial score (nSPS) is 22.7. The average Bonchev–Trinajstić information content (AvgIpc) is 2.78. The van der Waals surface area contributed by atoms with Crippen LogP contribution in [-0.4, -0.2) is 31.6 Å². The van der Waals surface area contributed by atoms with Crippen molar-refractivity contribution < 1.29 is 23.8 Å². The molecule has 1 aromatic carbocycles. The molecule has 4 rings (SSSR count). The summed E-state index contributed by atoms with van der Waals surface area (Å²) in [5.74, 6) is 0.466. The Morgan fingerprint density at radius 1 is 1.12 bits per heavy atom. The van der Waals surface area contributed by atoms with E-state index in [1.807, 2.05) is 32.0 Å². The van der Waals surface area contributed by atoms with Crippen LogP contribution in [0.15, 0.2) is 40.7 Å². The van der Waals surface area contributed by atoms with Crippen LogP contribution in [0.5, 0.6) is 11.5 Å². The van der Waals surface area contributed by atoms with Crippen molar-refractivity contribution in [2.45, 2.75) is 84.7 Å². The number of rotatable bonds is 6. The number of allylic oxidation sites excluding steroid dienone is 3. The van der Waals surface area contributed by atoms with Gasteiger partial charge in [-0.1, -0.05) is 26.3 Å². The molecule has 1 saturated carbocycles. The lowest BCUT2D eigenvalue weighted by molar-refractivity contribution is -0.146. The zero-order valence-corrected chi connectivity index (χ0v) is 21.1. The highest BCUT2D eigenvalue weighted by molar-refractivity contribution is 6.04. The van der Waals surface area contributed by atoms with Gasteiger partial charge in [0.15, 0.2) is 17.3 Å². The molecule has 0 unspecified atom stereocenters. The van der Waals surface area contributed by atoms with Gasteiger partial charge in [0.2, 0.25) is 0 Å². The van der Waals surface area contributed by atoms with Crippen LogP contribution >= 0.6 is 0 Å². The molecule has 0 aromatic heterocycles. The number of benzene rings is 1. The summed E-state index contributed by atoms with van der Waals surface area (Å²) in [6.07, 6.45) is 6.28. The number of hydrogen-bond acceptors (Lipinski definition) is 6. The number of nitrogens with one attached hydrogen (secondary N) is 1.